The Kier molecular flexibility index (Phi) is 3.50. The van der Waals surface area contributed by atoms with Crippen LogP contribution in [0.1, 0.15) is 18.2 Å². The van der Waals surface area contributed by atoms with E-state index >= 15 is 0 Å². The van der Waals surface area contributed by atoms with Crippen LogP contribution in [0.15, 0.2) is 24.4 Å². The number of nitrogens with zero attached hydrogens (tertiary/aromatic N) is 3. The second-order valence-corrected chi connectivity index (χ2v) is 4.42. The number of rotatable bonds is 4. The van der Waals surface area contributed by atoms with Gasteiger partial charge in [-0.15, -0.1) is 0 Å². The molecule has 2 rings (SSSR count). The van der Waals surface area contributed by atoms with Gasteiger partial charge in [-0.1, -0.05) is 13.0 Å². The summed E-state index contributed by atoms with van der Waals surface area (Å²) in [7, 11) is 1.83. The maximum atomic E-state index is 11.1. The van der Waals surface area contributed by atoms with E-state index in [9.17, 15) is 10.1 Å². The molecule has 0 fully saturated rings. The van der Waals surface area contributed by atoms with E-state index in [1.165, 1.54) is 0 Å². The molecule has 6 heteroatoms. The summed E-state index contributed by atoms with van der Waals surface area (Å²) in [4.78, 5) is 10.7. The standard InChI is InChI=1S/C13H16N4O2/c1-4-10-12(8-16(3)15-10)14-11-6-5-9(2)7-13(11)17(18)19/h5-8,14H,4H2,1-3H3. The molecule has 19 heavy (non-hydrogen) atoms. The van der Waals surface area contributed by atoms with E-state index in [2.05, 4.69) is 10.4 Å². The molecule has 0 amide bonds. The minimum Gasteiger partial charge on any atom is -0.347 e. The van der Waals surface area contributed by atoms with Crippen LogP contribution in [-0.4, -0.2) is 14.7 Å². The highest BCUT2D eigenvalue weighted by Gasteiger charge is 2.15. The summed E-state index contributed by atoms with van der Waals surface area (Å²) in [5.74, 6) is 0. The number of aromatic nitrogens is 2. The lowest BCUT2D eigenvalue weighted by Crippen LogP contribution is -1.98. The minimum atomic E-state index is -0.378. The molecule has 0 aliphatic rings. The molecule has 0 atom stereocenters. The summed E-state index contributed by atoms with van der Waals surface area (Å²) in [6, 6.07) is 5.13. The molecular weight excluding hydrogens is 244 g/mol. The lowest BCUT2D eigenvalue weighted by atomic mass is 10.2. The fourth-order valence-electron chi connectivity index (χ4n) is 1.94. The summed E-state index contributed by atoms with van der Waals surface area (Å²) in [6.07, 6.45) is 2.59. The molecule has 0 saturated heterocycles. The highest BCUT2D eigenvalue weighted by atomic mass is 16.6. The summed E-state index contributed by atoms with van der Waals surface area (Å²) in [5, 5.41) is 18.5. The van der Waals surface area contributed by atoms with Gasteiger partial charge in [0, 0.05) is 19.3 Å². The maximum absolute atomic E-state index is 11.1. The van der Waals surface area contributed by atoms with Gasteiger partial charge in [0.2, 0.25) is 0 Å². The Balaban J connectivity index is 2.40. The SMILES string of the molecule is CCc1nn(C)cc1Nc1ccc(C)cc1[N+](=O)[O-]. The van der Waals surface area contributed by atoms with Gasteiger partial charge in [0.05, 0.1) is 16.3 Å². The lowest BCUT2D eigenvalue weighted by molar-refractivity contribution is -0.384. The third kappa shape index (κ3) is 2.73. The molecule has 0 unspecified atom stereocenters. The zero-order chi connectivity index (χ0) is 14.0. The molecule has 0 aliphatic carbocycles. The number of nitro groups is 1. The molecule has 6 nitrogen and oxygen atoms in total. The first-order valence-electron chi connectivity index (χ1n) is 6.06. The zero-order valence-corrected chi connectivity index (χ0v) is 11.2. The number of benzene rings is 1. The van der Waals surface area contributed by atoms with Crippen LogP contribution in [0.25, 0.3) is 0 Å². The summed E-state index contributed by atoms with van der Waals surface area (Å²) in [5.41, 5.74) is 3.11. The van der Waals surface area contributed by atoms with E-state index < -0.39 is 0 Å². The van der Waals surface area contributed by atoms with Gasteiger partial charge in [0.25, 0.3) is 5.69 Å². The van der Waals surface area contributed by atoms with Crippen molar-refractivity contribution in [2.75, 3.05) is 5.32 Å². The van der Waals surface area contributed by atoms with Crippen LogP contribution in [0.3, 0.4) is 0 Å². The second kappa shape index (κ2) is 5.09. The van der Waals surface area contributed by atoms with Crippen LogP contribution < -0.4 is 5.32 Å². The van der Waals surface area contributed by atoms with Crippen LogP contribution in [0.5, 0.6) is 0 Å². The average molecular weight is 260 g/mol. The quantitative estimate of drug-likeness (QED) is 0.677. The highest BCUT2D eigenvalue weighted by molar-refractivity contribution is 5.70. The van der Waals surface area contributed by atoms with Crippen molar-refractivity contribution >= 4 is 17.1 Å². The Bertz CT molecular complexity index is 619. The van der Waals surface area contributed by atoms with Crippen LogP contribution in [0.4, 0.5) is 17.1 Å². The molecule has 1 heterocycles. The second-order valence-electron chi connectivity index (χ2n) is 4.42. The van der Waals surface area contributed by atoms with Gasteiger partial charge in [-0.3, -0.25) is 14.8 Å². The Labute approximate surface area is 111 Å². The summed E-state index contributed by atoms with van der Waals surface area (Å²) >= 11 is 0. The van der Waals surface area contributed by atoms with Gasteiger partial charge < -0.3 is 5.32 Å². The van der Waals surface area contributed by atoms with Crippen molar-refractivity contribution in [3.8, 4) is 0 Å². The smallest absolute Gasteiger partial charge is 0.292 e. The van der Waals surface area contributed by atoms with Crippen molar-refractivity contribution in [1.82, 2.24) is 9.78 Å². The number of hydrogen-bond donors (Lipinski definition) is 1. The Morgan fingerprint density at radius 3 is 2.79 bits per heavy atom. The Morgan fingerprint density at radius 1 is 1.42 bits per heavy atom. The third-order valence-electron chi connectivity index (χ3n) is 2.86. The predicted octanol–water partition coefficient (Wildman–Crippen LogP) is 2.94. The molecule has 2 aromatic rings. The van der Waals surface area contributed by atoms with E-state index in [0.29, 0.717) is 5.69 Å². The molecule has 100 valence electrons. The zero-order valence-electron chi connectivity index (χ0n) is 11.2. The number of aryl methyl sites for hydroxylation is 3. The van der Waals surface area contributed by atoms with E-state index in [1.54, 1.807) is 16.8 Å². The molecule has 0 aliphatic heterocycles. The van der Waals surface area contributed by atoms with Gasteiger partial charge in [-0.2, -0.15) is 5.10 Å². The van der Waals surface area contributed by atoms with Crippen molar-refractivity contribution in [1.29, 1.82) is 0 Å². The van der Waals surface area contributed by atoms with Crippen LogP contribution >= 0.6 is 0 Å². The van der Waals surface area contributed by atoms with Gasteiger partial charge in [0.15, 0.2) is 0 Å². The van der Waals surface area contributed by atoms with Crippen molar-refractivity contribution in [3.05, 3.63) is 45.8 Å². The van der Waals surface area contributed by atoms with Crippen molar-refractivity contribution in [2.45, 2.75) is 20.3 Å². The summed E-state index contributed by atoms with van der Waals surface area (Å²) in [6.45, 7) is 3.83. The van der Waals surface area contributed by atoms with Gasteiger partial charge in [0.1, 0.15) is 5.69 Å². The molecular formula is C13H16N4O2. The third-order valence-corrected chi connectivity index (χ3v) is 2.86. The topological polar surface area (TPSA) is 73.0 Å². The normalized spacial score (nSPS) is 10.5. The molecule has 1 aromatic carbocycles. The maximum Gasteiger partial charge on any atom is 0.292 e. The number of nitro benzene ring substituents is 1. The predicted molar refractivity (Wildman–Crippen MR) is 73.7 cm³/mol. The van der Waals surface area contributed by atoms with Crippen molar-refractivity contribution < 1.29 is 4.92 Å². The van der Waals surface area contributed by atoms with E-state index in [1.807, 2.05) is 33.2 Å². The molecule has 0 saturated carbocycles. The van der Waals surface area contributed by atoms with Crippen LogP contribution in [0.2, 0.25) is 0 Å². The molecule has 0 bridgehead atoms. The average Bonchev–Trinajstić information content (AvgIpc) is 2.71. The van der Waals surface area contributed by atoms with E-state index in [0.717, 1.165) is 23.4 Å². The van der Waals surface area contributed by atoms with Gasteiger partial charge in [-0.05, 0) is 25.0 Å². The van der Waals surface area contributed by atoms with Gasteiger partial charge >= 0.3 is 0 Å². The lowest BCUT2D eigenvalue weighted by Gasteiger charge is -2.07. The Hall–Kier alpha value is -2.37. The first-order chi connectivity index (χ1) is 9.01. The van der Waals surface area contributed by atoms with E-state index in [4.69, 9.17) is 0 Å². The molecule has 1 aromatic heterocycles. The fraction of sp³-hybridized carbons (Fsp3) is 0.308. The van der Waals surface area contributed by atoms with Crippen molar-refractivity contribution in [2.24, 2.45) is 7.05 Å². The number of hydrogen-bond acceptors (Lipinski definition) is 4. The molecule has 1 N–H and O–H groups in total. The highest BCUT2D eigenvalue weighted by Crippen LogP contribution is 2.29. The largest absolute Gasteiger partial charge is 0.347 e. The van der Waals surface area contributed by atoms with Crippen LogP contribution in [-0.2, 0) is 13.5 Å². The van der Waals surface area contributed by atoms with Crippen LogP contribution in [0, 0.1) is 17.0 Å². The van der Waals surface area contributed by atoms with Gasteiger partial charge in [-0.25, -0.2) is 0 Å². The van der Waals surface area contributed by atoms with Crippen molar-refractivity contribution in [3.63, 3.8) is 0 Å². The number of nitrogens with one attached hydrogen (secondary N) is 1. The Morgan fingerprint density at radius 2 is 2.16 bits per heavy atom. The summed E-state index contributed by atoms with van der Waals surface area (Å²) < 4.78 is 1.70. The fourth-order valence-corrected chi connectivity index (χ4v) is 1.94. The number of anilines is 2. The first kappa shape index (κ1) is 13.1. The first-order valence-corrected chi connectivity index (χ1v) is 6.06. The monoisotopic (exact) mass is 260 g/mol. The molecule has 0 radical (unpaired) electrons. The minimum absolute atomic E-state index is 0.0749. The van der Waals surface area contributed by atoms with E-state index in [-0.39, 0.29) is 10.6 Å². The molecule has 0 spiro atoms.